The van der Waals surface area contributed by atoms with E-state index in [2.05, 4.69) is 27.8 Å². The van der Waals surface area contributed by atoms with E-state index in [0.717, 1.165) is 16.6 Å². The second kappa shape index (κ2) is 9.96. The molecule has 0 radical (unpaired) electrons. The summed E-state index contributed by atoms with van der Waals surface area (Å²) in [7, 11) is 0. The summed E-state index contributed by atoms with van der Waals surface area (Å²) in [5.41, 5.74) is 2.76. The first kappa shape index (κ1) is 20.0. The van der Waals surface area contributed by atoms with Crippen LogP contribution in [-0.2, 0) is 20.7 Å². The number of anilines is 2. The predicted molar refractivity (Wildman–Crippen MR) is 113 cm³/mol. The van der Waals surface area contributed by atoms with Crippen LogP contribution in [0.2, 0.25) is 0 Å². The number of nitrogens with one attached hydrogen (secondary N) is 2. The predicted octanol–water partition coefficient (Wildman–Crippen LogP) is 4.23. The highest BCUT2D eigenvalue weighted by atomic mass is 32.1. The molecule has 28 heavy (non-hydrogen) atoms. The average molecular weight is 398 g/mol. The van der Waals surface area contributed by atoms with Crippen molar-refractivity contribution in [2.24, 2.45) is 0 Å². The molecule has 1 aromatic heterocycles. The molecule has 0 aliphatic carbocycles. The molecule has 0 bridgehead atoms. The third-order valence-electron chi connectivity index (χ3n) is 4.03. The maximum Gasteiger partial charge on any atom is 0.226 e. The number of ether oxygens (including phenoxy) is 1. The highest BCUT2D eigenvalue weighted by Gasteiger charge is 2.09. The third kappa shape index (κ3) is 6.14. The van der Waals surface area contributed by atoms with E-state index in [1.807, 2.05) is 30.3 Å². The Hall–Kier alpha value is -2.77. The number of nitrogens with zero attached hydrogens (tertiary/aromatic N) is 1. The lowest BCUT2D eigenvalue weighted by Gasteiger charge is -2.04. The third-order valence-corrected chi connectivity index (χ3v) is 4.96. The molecule has 2 N–H and O–H groups in total. The standard InChI is InChI=1S/C21H23N3O3S/c1-15(25)22-17-9-10-18-19(14-17)28-21(23-18)24-20(26)8-5-12-27-13-11-16-6-3-2-4-7-16/h2-4,6-7,9-10,14H,5,8,11-13H2,1H3,(H,22,25)(H,23,24,26). The number of carbonyl (C=O) groups excluding carboxylic acids is 2. The van der Waals surface area contributed by atoms with Gasteiger partial charge in [-0.2, -0.15) is 0 Å². The van der Waals surface area contributed by atoms with Gasteiger partial charge in [-0.25, -0.2) is 4.98 Å². The second-order valence-corrected chi connectivity index (χ2v) is 7.41. The van der Waals surface area contributed by atoms with Crippen molar-refractivity contribution in [3.63, 3.8) is 0 Å². The zero-order valence-electron chi connectivity index (χ0n) is 15.7. The molecule has 0 atom stereocenters. The summed E-state index contributed by atoms with van der Waals surface area (Å²) in [4.78, 5) is 27.7. The van der Waals surface area contributed by atoms with E-state index in [9.17, 15) is 9.59 Å². The molecule has 0 aliphatic rings. The number of benzene rings is 2. The molecule has 0 spiro atoms. The van der Waals surface area contributed by atoms with Crippen LogP contribution >= 0.6 is 11.3 Å². The number of carbonyl (C=O) groups is 2. The fraction of sp³-hybridized carbons (Fsp3) is 0.286. The van der Waals surface area contributed by atoms with Crippen molar-refractivity contribution in [2.45, 2.75) is 26.2 Å². The van der Waals surface area contributed by atoms with E-state index in [1.54, 1.807) is 6.07 Å². The molecule has 2 aromatic carbocycles. The Labute approximate surface area is 167 Å². The van der Waals surface area contributed by atoms with Crippen LogP contribution in [0.15, 0.2) is 48.5 Å². The van der Waals surface area contributed by atoms with Crippen LogP contribution in [0.25, 0.3) is 10.2 Å². The van der Waals surface area contributed by atoms with Gasteiger partial charge >= 0.3 is 0 Å². The number of thiazole rings is 1. The molecule has 3 rings (SSSR count). The Bertz CT molecular complexity index is 940. The molecule has 146 valence electrons. The van der Waals surface area contributed by atoms with Crippen LogP contribution in [0.1, 0.15) is 25.3 Å². The molecule has 1 heterocycles. The SMILES string of the molecule is CC(=O)Nc1ccc2nc(NC(=O)CCCOCCc3ccccc3)sc2c1. The van der Waals surface area contributed by atoms with Gasteiger partial charge in [0.25, 0.3) is 0 Å². The topological polar surface area (TPSA) is 80.3 Å². The van der Waals surface area contributed by atoms with Crippen LogP contribution in [0, 0.1) is 0 Å². The number of rotatable bonds is 9. The number of aromatic nitrogens is 1. The fourth-order valence-electron chi connectivity index (χ4n) is 2.71. The van der Waals surface area contributed by atoms with Gasteiger partial charge in [0.2, 0.25) is 11.8 Å². The minimum absolute atomic E-state index is 0.0761. The zero-order valence-corrected chi connectivity index (χ0v) is 16.6. The highest BCUT2D eigenvalue weighted by molar-refractivity contribution is 7.22. The molecule has 7 heteroatoms. The first-order chi connectivity index (χ1) is 13.6. The smallest absolute Gasteiger partial charge is 0.226 e. The van der Waals surface area contributed by atoms with E-state index in [-0.39, 0.29) is 11.8 Å². The van der Waals surface area contributed by atoms with E-state index in [0.29, 0.717) is 36.9 Å². The lowest BCUT2D eigenvalue weighted by atomic mass is 10.2. The van der Waals surface area contributed by atoms with Crippen LogP contribution < -0.4 is 10.6 Å². The van der Waals surface area contributed by atoms with E-state index >= 15 is 0 Å². The summed E-state index contributed by atoms with van der Waals surface area (Å²) in [6.45, 7) is 2.67. The molecule has 0 aliphatic heterocycles. The number of fused-ring (bicyclic) bond motifs is 1. The zero-order chi connectivity index (χ0) is 19.8. The molecule has 2 amide bonds. The molecule has 6 nitrogen and oxygen atoms in total. The molecule has 0 unspecified atom stereocenters. The van der Waals surface area contributed by atoms with Crippen LogP contribution in [-0.4, -0.2) is 30.0 Å². The van der Waals surface area contributed by atoms with Gasteiger partial charge in [0, 0.05) is 25.6 Å². The molecule has 0 saturated heterocycles. The van der Waals surface area contributed by atoms with Crippen LogP contribution in [0.4, 0.5) is 10.8 Å². The molecule has 0 saturated carbocycles. The summed E-state index contributed by atoms with van der Waals surface area (Å²) < 4.78 is 6.51. The lowest BCUT2D eigenvalue weighted by molar-refractivity contribution is -0.116. The second-order valence-electron chi connectivity index (χ2n) is 6.38. The number of hydrogen-bond acceptors (Lipinski definition) is 5. The summed E-state index contributed by atoms with van der Waals surface area (Å²) in [5.74, 6) is -0.198. The summed E-state index contributed by atoms with van der Waals surface area (Å²) in [6.07, 6.45) is 1.93. The Morgan fingerprint density at radius 1 is 1.07 bits per heavy atom. The van der Waals surface area contributed by atoms with Gasteiger partial charge in [-0.05, 0) is 36.6 Å². The minimum Gasteiger partial charge on any atom is -0.381 e. The van der Waals surface area contributed by atoms with E-state index in [4.69, 9.17) is 4.74 Å². The van der Waals surface area contributed by atoms with E-state index < -0.39 is 0 Å². The van der Waals surface area contributed by atoms with Crippen molar-refractivity contribution in [1.82, 2.24) is 4.98 Å². The first-order valence-electron chi connectivity index (χ1n) is 9.20. The summed E-state index contributed by atoms with van der Waals surface area (Å²) >= 11 is 1.39. The molecular formula is C21H23N3O3S. The van der Waals surface area contributed by atoms with Crippen molar-refractivity contribution in [3.8, 4) is 0 Å². The van der Waals surface area contributed by atoms with Crippen LogP contribution in [0.5, 0.6) is 0 Å². The van der Waals surface area contributed by atoms with Gasteiger partial charge in [-0.3, -0.25) is 9.59 Å². The van der Waals surface area contributed by atoms with Gasteiger partial charge in [0.15, 0.2) is 5.13 Å². The van der Waals surface area contributed by atoms with Gasteiger partial charge in [0.1, 0.15) is 0 Å². The van der Waals surface area contributed by atoms with Crippen LogP contribution in [0.3, 0.4) is 0 Å². The molecule has 0 fully saturated rings. The van der Waals surface area contributed by atoms with E-state index in [1.165, 1.54) is 23.8 Å². The summed E-state index contributed by atoms with van der Waals surface area (Å²) in [5, 5.41) is 6.13. The molecular weight excluding hydrogens is 374 g/mol. The Morgan fingerprint density at radius 3 is 2.68 bits per heavy atom. The monoisotopic (exact) mass is 397 g/mol. The van der Waals surface area contributed by atoms with Crippen molar-refractivity contribution in [1.29, 1.82) is 0 Å². The molecule has 3 aromatic rings. The van der Waals surface area contributed by atoms with Crippen molar-refractivity contribution in [3.05, 3.63) is 54.1 Å². The van der Waals surface area contributed by atoms with Gasteiger partial charge in [0.05, 0.1) is 16.8 Å². The van der Waals surface area contributed by atoms with Crippen molar-refractivity contribution >= 4 is 44.2 Å². The fourth-order valence-corrected chi connectivity index (χ4v) is 3.63. The van der Waals surface area contributed by atoms with Crippen molar-refractivity contribution in [2.75, 3.05) is 23.8 Å². The average Bonchev–Trinajstić information content (AvgIpc) is 3.06. The largest absolute Gasteiger partial charge is 0.381 e. The Kier molecular flexibility index (Phi) is 7.11. The Morgan fingerprint density at radius 2 is 1.89 bits per heavy atom. The van der Waals surface area contributed by atoms with Crippen molar-refractivity contribution < 1.29 is 14.3 Å². The Balaban J connectivity index is 1.39. The van der Waals surface area contributed by atoms with Gasteiger partial charge in [-0.1, -0.05) is 41.7 Å². The normalized spacial score (nSPS) is 10.8. The number of hydrogen-bond donors (Lipinski definition) is 2. The lowest BCUT2D eigenvalue weighted by Crippen LogP contribution is -2.12. The quantitative estimate of drug-likeness (QED) is 0.530. The highest BCUT2D eigenvalue weighted by Crippen LogP contribution is 2.28. The van der Waals surface area contributed by atoms with Gasteiger partial charge < -0.3 is 15.4 Å². The maximum absolute atomic E-state index is 12.1. The first-order valence-corrected chi connectivity index (χ1v) is 10.0. The maximum atomic E-state index is 12.1. The van der Waals surface area contributed by atoms with Gasteiger partial charge in [-0.15, -0.1) is 0 Å². The minimum atomic E-state index is -0.122. The summed E-state index contributed by atoms with van der Waals surface area (Å²) in [6, 6.07) is 15.7. The number of amides is 2.